The van der Waals surface area contributed by atoms with E-state index in [1.165, 1.54) is 0 Å². The minimum absolute atomic E-state index is 0.0738. The van der Waals surface area contributed by atoms with Crippen LogP contribution < -0.4 is 0 Å². The topological polar surface area (TPSA) is 63.6 Å². The minimum Gasteiger partial charge on any atom is -0.465 e. The fourth-order valence-corrected chi connectivity index (χ4v) is 2.13. The van der Waals surface area contributed by atoms with Crippen LogP contribution in [0.3, 0.4) is 0 Å². The molecular weight excluding hydrogens is 220 g/mol. The summed E-state index contributed by atoms with van der Waals surface area (Å²) >= 11 is 0. The molecule has 17 heavy (non-hydrogen) atoms. The minimum atomic E-state index is -0.723. The van der Waals surface area contributed by atoms with Crippen LogP contribution in [0.25, 0.3) is 0 Å². The van der Waals surface area contributed by atoms with E-state index in [-0.39, 0.29) is 24.9 Å². The van der Waals surface area contributed by atoms with Crippen LogP contribution in [-0.4, -0.2) is 30.1 Å². The first-order valence-electron chi connectivity index (χ1n) is 6.36. The number of ketones is 1. The SMILES string of the molecule is CC(C)CCCCC(=O)C1C(=O)OCC1CO. The normalized spacial score (nSPS) is 24.1. The largest absolute Gasteiger partial charge is 0.465 e. The summed E-state index contributed by atoms with van der Waals surface area (Å²) in [6, 6.07) is 0. The molecule has 1 rings (SSSR count). The lowest BCUT2D eigenvalue weighted by atomic mass is 9.89. The molecule has 1 aliphatic heterocycles. The number of aliphatic hydroxyl groups is 1. The molecule has 4 nitrogen and oxygen atoms in total. The molecule has 1 N–H and O–H groups in total. The summed E-state index contributed by atoms with van der Waals surface area (Å²) in [6.45, 7) is 4.32. The molecular formula is C13H22O4. The average molecular weight is 242 g/mol. The van der Waals surface area contributed by atoms with Crippen LogP contribution in [0.4, 0.5) is 0 Å². The number of esters is 1. The van der Waals surface area contributed by atoms with Gasteiger partial charge in [-0.15, -0.1) is 0 Å². The monoisotopic (exact) mass is 242 g/mol. The molecule has 0 saturated carbocycles. The van der Waals surface area contributed by atoms with Crippen LogP contribution in [0.1, 0.15) is 39.5 Å². The zero-order valence-corrected chi connectivity index (χ0v) is 10.6. The Bertz CT molecular complexity index is 273. The molecule has 1 heterocycles. The molecule has 0 aromatic carbocycles. The first-order valence-corrected chi connectivity index (χ1v) is 6.36. The van der Waals surface area contributed by atoms with Gasteiger partial charge in [0.15, 0.2) is 0 Å². The number of carbonyl (C=O) groups excluding carboxylic acids is 2. The van der Waals surface area contributed by atoms with Crippen LogP contribution in [0.15, 0.2) is 0 Å². The van der Waals surface area contributed by atoms with Crippen LogP contribution in [-0.2, 0) is 14.3 Å². The van der Waals surface area contributed by atoms with Crippen molar-refractivity contribution in [2.24, 2.45) is 17.8 Å². The molecule has 2 atom stereocenters. The third-order valence-electron chi connectivity index (χ3n) is 3.20. The maximum absolute atomic E-state index is 11.9. The number of unbranched alkanes of at least 4 members (excludes halogenated alkanes) is 1. The fraction of sp³-hybridized carbons (Fsp3) is 0.846. The third-order valence-corrected chi connectivity index (χ3v) is 3.20. The summed E-state index contributed by atoms with van der Waals surface area (Å²) in [5, 5.41) is 9.06. The Balaban J connectivity index is 2.33. The molecule has 0 radical (unpaired) electrons. The molecule has 0 aliphatic carbocycles. The van der Waals surface area contributed by atoms with Gasteiger partial charge in [0.1, 0.15) is 11.7 Å². The number of aliphatic hydroxyl groups excluding tert-OH is 1. The fourth-order valence-electron chi connectivity index (χ4n) is 2.13. The molecule has 0 aromatic rings. The summed E-state index contributed by atoms with van der Waals surface area (Å²) < 4.78 is 4.81. The number of hydrogen-bond donors (Lipinski definition) is 1. The van der Waals surface area contributed by atoms with E-state index in [0.717, 1.165) is 19.3 Å². The first-order chi connectivity index (χ1) is 8.06. The maximum atomic E-state index is 11.9. The predicted octanol–water partition coefficient (Wildman–Crippen LogP) is 1.55. The van der Waals surface area contributed by atoms with Gasteiger partial charge in [-0.2, -0.15) is 0 Å². The van der Waals surface area contributed by atoms with Crippen molar-refractivity contribution in [3.05, 3.63) is 0 Å². The molecule has 4 heteroatoms. The van der Waals surface area contributed by atoms with E-state index >= 15 is 0 Å². The number of hydrogen-bond acceptors (Lipinski definition) is 4. The van der Waals surface area contributed by atoms with Gasteiger partial charge in [0.05, 0.1) is 13.2 Å². The molecule has 0 spiro atoms. The van der Waals surface area contributed by atoms with E-state index in [2.05, 4.69) is 13.8 Å². The molecule has 98 valence electrons. The number of rotatable bonds is 7. The standard InChI is InChI=1S/C13H22O4/c1-9(2)5-3-4-6-11(15)12-10(7-14)8-17-13(12)16/h9-10,12,14H,3-8H2,1-2H3. The van der Waals surface area contributed by atoms with E-state index in [1.54, 1.807) is 0 Å². The Morgan fingerprint density at radius 3 is 2.76 bits per heavy atom. The van der Waals surface area contributed by atoms with Crippen molar-refractivity contribution >= 4 is 11.8 Å². The van der Waals surface area contributed by atoms with Crippen molar-refractivity contribution < 1.29 is 19.4 Å². The zero-order valence-electron chi connectivity index (χ0n) is 10.6. The molecule has 2 unspecified atom stereocenters. The van der Waals surface area contributed by atoms with Gasteiger partial charge in [0.2, 0.25) is 0 Å². The van der Waals surface area contributed by atoms with Crippen molar-refractivity contribution in [3.63, 3.8) is 0 Å². The number of Topliss-reactive ketones (excluding diaryl/α,β-unsaturated/α-hetero) is 1. The van der Waals surface area contributed by atoms with Gasteiger partial charge in [-0.3, -0.25) is 9.59 Å². The Kier molecular flexibility index (Phi) is 5.62. The summed E-state index contributed by atoms with van der Waals surface area (Å²) in [7, 11) is 0. The third kappa shape index (κ3) is 4.11. The summed E-state index contributed by atoms with van der Waals surface area (Å²) in [5.74, 6) is -0.945. The van der Waals surface area contributed by atoms with E-state index in [0.29, 0.717) is 12.3 Å². The number of cyclic esters (lactones) is 1. The van der Waals surface area contributed by atoms with E-state index in [9.17, 15) is 9.59 Å². The van der Waals surface area contributed by atoms with Gasteiger partial charge >= 0.3 is 5.97 Å². The van der Waals surface area contributed by atoms with Gasteiger partial charge in [0.25, 0.3) is 0 Å². The lowest BCUT2D eigenvalue weighted by molar-refractivity contribution is -0.144. The van der Waals surface area contributed by atoms with Crippen LogP contribution >= 0.6 is 0 Å². The van der Waals surface area contributed by atoms with E-state index < -0.39 is 11.9 Å². The number of ether oxygens (including phenoxy) is 1. The Morgan fingerprint density at radius 2 is 2.18 bits per heavy atom. The second-order valence-electron chi connectivity index (χ2n) is 5.16. The van der Waals surface area contributed by atoms with Gasteiger partial charge in [-0.25, -0.2) is 0 Å². The van der Waals surface area contributed by atoms with Gasteiger partial charge < -0.3 is 9.84 Å². The second-order valence-corrected chi connectivity index (χ2v) is 5.16. The van der Waals surface area contributed by atoms with Crippen molar-refractivity contribution in [3.8, 4) is 0 Å². The predicted molar refractivity (Wildman–Crippen MR) is 63.3 cm³/mol. The van der Waals surface area contributed by atoms with Crippen LogP contribution in [0.5, 0.6) is 0 Å². The number of carbonyl (C=O) groups is 2. The lowest BCUT2D eigenvalue weighted by Crippen LogP contribution is -2.27. The van der Waals surface area contributed by atoms with Gasteiger partial charge in [0, 0.05) is 12.3 Å². The maximum Gasteiger partial charge on any atom is 0.316 e. The van der Waals surface area contributed by atoms with E-state index in [4.69, 9.17) is 9.84 Å². The molecule has 1 aliphatic rings. The van der Waals surface area contributed by atoms with Crippen LogP contribution in [0, 0.1) is 17.8 Å². The molecule has 0 bridgehead atoms. The van der Waals surface area contributed by atoms with E-state index in [1.807, 2.05) is 0 Å². The van der Waals surface area contributed by atoms with Crippen molar-refractivity contribution in [2.75, 3.05) is 13.2 Å². The first kappa shape index (κ1) is 14.2. The summed E-state index contributed by atoms with van der Waals surface area (Å²) in [5.41, 5.74) is 0. The van der Waals surface area contributed by atoms with Crippen molar-refractivity contribution in [2.45, 2.75) is 39.5 Å². The highest BCUT2D eigenvalue weighted by Crippen LogP contribution is 2.24. The zero-order chi connectivity index (χ0) is 12.8. The molecule has 1 saturated heterocycles. The highest BCUT2D eigenvalue weighted by molar-refractivity contribution is 6.00. The molecule has 0 aromatic heterocycles. The summed E-state index contributed by atoms with van der Waals surface area (Å²) in [4.78, 5) is 23.2. The highest BCUT2D eigenvalue weighted by Gasteiger charge is 2.41. The Labute approximate surface area is 102 Å². The average Bonchev–Trinajstić information content (AvgIpc) is 2.65. The van der Waals surface area contributed by atoms with Crippen LogP contribution in [0.2, 0.25) is 0 Å². The second kappa shape index (κ2) is 6.74. The Morgan fingerprint density at radius 1 is 1.47 bits per heavy atom. The molecule has 0 amide bonds. The smallest absolute Gasteiger partial charge is 0.316 e. The van der Waals surface area contributed by atoms with Crippen molar-refractivity contribution in [1.29, 1.82) is 0 Å². The van der Waals surface area contributed by atoms with Gasteiger partial charge in [-0.05, 0) is 12.3 Å². The van der Waals surface area contributed by atoms with Crippen molar-refractivity contribution in [1.82, 2.24) is 0 Å². The highest BCUT2D eigenvalue weighted by atomic mass is 16.5. The summed E-state index contributed by atoms with van der Waals surface area (Å²) in [6.07, 6.45) is 3.35. The quantitative estimate of drug-likeness (QED) is 0.418. The Hall–Kier alpha value is -0.900. The van der Waals surface area contributed by atoms with Gasteiger partial charge in [-0.1, -0.05) is 26.7 Å². The molecule has 1 fully saturated rings. The lowest BCUT2D eigenvalue weighted by Gasteiger charge is -2.11.